The summed E-state index contributed by atoms with van der Waals surface area (Å²) >= 11 is 0. The SMILES string of the molecule is COC(=O)C(C(C)C)N1Cc2cc(-c3ccc(NS(=O)(=O)c4ccc(OC)c(OC)c4)cc3)ccc2C1=O. The van der Waals surface area contributed by atoms with Crippen LogP contribution in [0.3, 0.4) is 0 Å². The van der Waals surface area contributed by atoms with Gasteiger partial charge in [0.1, 0.15) is 6.04 Å². The summed E-state index contributed by atoms with van der Waals surface area (Å²) in [6.07, 6.45) is 0. The Kier molecular flexibility index (Phi) is 7.63. The molecule has 0 saturated carbocycles. The van der Waals surface area contributed by atoms with E-state index in [0.29, 0.717) is 29.3 Å². The van der Waals surface area contributed by atoms with Crippen molar-refractivity contribution >= 4 is 27.6 Å². The van der Waals surface area contributed by atoms with Crippen molar-refractivity contribution in [2.24, 2.45) is 5.92 Å². The number of fused-ring (bicyclic) bond motifs is 1. The van der Waals surface area contributed by atoms with Gasteiger partial charge in [-0.05, 0) is 59.0 Å². The molecule has 0 radical (unpaired) electrons. The predicted molar refractivity (Wildman–Crippen MR) is 143 cm³/mol. The van der Waals surface area contributed by atoms with E-state index in [9.17, 15) is 18.0 Å². The Balaban J connectivity index is 1.53. The van der Waals surface area contributed by atoms with Gasteiger partial charge in [-0.2, -0.15) is 0 Å². The van der Waals surface area contributed by atoms with Crippen LogP contribution in [0.5, 0.6) is 11.5 Å². The Morgan fingerprint density at radius 3 is 2.16 bits per heavy atom. The predicted octanol–water partition coefficient (Wildman–Crippen LogP) is 4.33. The van der Waals surface area contributed by atoms with Gasteiger partial charge in [-0.15, -0.1) is 0 Å². The molecule has 200 valence electrons. The monoisotopic (exact) mass is 538 g/mol. The van der Waals surface area contributed by atoms with Crippen LogP contribution in [0.15, 0.2) is 65.6 Å². The molecule has 1 aliphatic heterocycles. The second kappa shape index (κ2) is 10.7. The molecule has 1 heterocycles. The molecule has 1 unspecified atom stereocenters. The van der Waals surface area contributed by atoms with Gasteiger partial charge >= 0.3 is 5.97 Å². The third kappa shape index (κ3) is 5.17. The van der Waals surface area contributed by atoms with Crippen LogP contribution in [-0.2, 0) is 26.1 Å². The number of benzene rings is 3. The zero-order chi connectivity index (χ0) is 27.6. The summed E-state index contributed by atoms with van der Waals surface area (Å²) in [5.41, 5.74) is 3.49. The molecule has 0 spiro atoms. The summed E-state index contributed by atoms with van der Waals surface area (Å²) in [7, 11) is 0.378. The van der Waals surface area contributed by atoms with Crippen molar-refractivity contribution in [2.75, 3.05) is 26.1 Å². The van der Waals surface area contributed by atoms with Gasteiger partial charge < -0.3 is 19.1 Å². The summed E-state index contributed by atoms with van der Waals surface area (Å²) in [5.74, 6) is 0.00394. The highest BCUT2D eigenvalue weighted by Crippen LogP contribution is 2.33. The van der Waals surface area contributed by atoms with Gasteiger partial charge in [-0.1, -0.05) is 32.0 Å². The fourth-order valence-corrected chi connectivity index (χ4v) is 5.63. The number of amides is 1. The number of carbonyl (C=O) groups is 2. The first-order valence-electron chi connectivity index (χ1n) is 12.0. The van der Waals surface area contributed by atoms with Crippen LogP contribution in [0.4, 0.5) is 5.69 Å². The van der Waals surface area contributed by atoms with Gasteiger partial charge in [-0.25, -0.2) is 13.2 Å². The zero-order valence-electron chi connectivity index (χ0n) is 21.8. The lowest BCUT2D eigenvalue weighted by molar-refractivity contribution is -0.147. The van der Waals surface area contributed by atoms with E-state index < -0.39 is 22.0 Å². The molecule has 3 aromatic rings. The largest absolute Gasteiger partial charge is 0.493 e. The van der Waals surface area contributed by atoms with Crippen LogP contribution < -0.4 is 14.2 Å². The van der Waals surface area contributed by atoms with Crippen LogP contribution in [0, 0.1) is 5.92 Å². The highest BCUT2D eigenvalue weighted by atomic mass is 32.2. The molecule has 3 aromatic carbocycles. The fourth-order valence-electron chi connectivity index (χ4n) is 4.56. The van der Waals surface area contributed by atoms with E-state index >= 15 is 0 Å². The van der Waals surface area contributed by atoms with Crippen molar-refractivity contribution in [1.82, 2.24) is 4.90 Å². The van der Waals surface area contributed by atoms with Crippen LogP contribution in [0.1, 0.15) is 29.8 Å². The Hall–Kier alpha value is -4.05. The first kappa shape index (κ1) is 27.0. The number of rotatable bonds is 9. The van der Waals surface area contributed by atoms with Crippen LogP contribution in [0.2, 0.25) is 0 Å². The minimum Gasteiger partial charge on any atom is -0.493 e. The number of nitrogens with one attached hydrogen (secondary N) is 1. The molecule has 0 bridgehead atoms. The van der Waals surface area contributed by atoms with E-state index in [0.717, 1.165) is 16.7 Å². The lowest BCUT2D eigenvalue weighted by atomic mass is 10.0. The Morgan fingerprint density at radius 1 is 0.895 bits per heavy atom. The number of sulfonamides is 1. The number of nitrogens with zero attached hydrogens (tertiary/aromatic N) is 1. The van der Waals surface area contributed by atoms with E-state index in [1.165, 1.54) is 39.5 Å². The van der Waals surface area contributed by atoms with Gasteiger partial charge in [-0.3, -0.25) is 9.52 Å². The molecule has 38 heavy (non-hydrogen) atoms. The average molecular weight is 539 g/mol. The second-order valence-corrected chi connectivity index (χ2v) is 10.9. The van der Waals surface area contributed by atoms with Crippen molar-refractivity contribution in [2.45, 2.75) is 31.3 Å². The third-order valence-corrected chi connectivity index (χ3v) is 7.86. The van der Waals surface area contributed by atoms with Crippen molar-refractivity contribution in [3.8, 4) is 22.6 Å². The van der Waals surface area contributed by atoms with E-state index in [-0.39, 0.29) is 16.7 Å². The second-order valence-electron chi connectivity index (χ2n) is 9.22. The molecule has 1 atom stereocenters. The maximum Gasteiger partial charge on any atom is 0.328 e. The van der Waals surface area contributed by atoms with Crippen LogP contribution in [0.25, 0.3) is 11.1 Å². The van der Waals surface area contributed by atoms with Crippen LogP contribution >= 0.6 is 0 Å². The van der Waals surface area contributed by atoms with E-state index in [2.05, 4.69) is 4.72 Å². The lowest BCUT2D eigenvalue weighted by Gasteiger charge is -2.28. The van der Waals surface area contributed by atoms with E-state index in [4.69, 9.17) is 14.2 Å². The van der Waals surface area contributed by atoms with E-state index in [1.54, 1.807) is 35.2 Å². The standard InChI is InChI=1S/C28H30N2O7S/c1-17(2)26(28(32)37-5)30-16-20-14-19(8-12-23(20)27(30)31)18-6-9-21(10-7-18)29-38(33,34)22-11-13-24(35-3)25(15-22)36-4/h6-15,17,26,29H,16H2,1-5H3. The molecule has 0 aromatic heterocycles. The fraction of sp³-hybridized carbons (Fsp3) is 0.286. The molecular formula is C28H30N2O7S. The smallest absolute Gasteiger partial charge is 0.328 e. The summed E-state index contributed by atoms with van der Waals surface area (Å²) in [6.45, 7) is 4.07. The normalized spacial score (nSPS) is 13.7. The van der Waals surface area contributed by atoms with Crippen LogP contribution in [-0.4, -0.2) is 52.6 Å². The minimum atomic E-state index is -3.86. The average Bonchev–Trinajstić information content (AvgIpc) is 3.23. The highest BCUT2D eigenvalue weighted by molar-refractivity contribution is 7.92. The molecule has 1 N–H and O–H groups in total. The zero-order valence-corrected chi connectivity index (χ0v) is 22.7. The maximum absolute atomic E-state index is 13.0. The van der Waals surface area contributed by atoms with Gasteiger partial charge in [0.05, 0.1) is 26.2 Å². The van der Waals surface area contributed by atoms with Crippen molar-refractivity contribution in [1.29, 1.82) is 0 Å². The Labute approximate surface area is 222 Å². The molecule has 4 rings (SSSR count). The molecule has 0 fully saturated rings. The highest BCUT2D eigenvalue weighted by Gasteiger charge is 2.38. The third-order valence-electron chi connectivity index (χ3n) is 6.48. The molecule has 9 nitrogen and oxygen atoms in total. The number of carbonyl (C=O) groups excluding carboxylic acids is 2. The van der Waals surface area contributed by atoms with Gasteiger partial charge in [0.15, 0.2) is 11.5 Å². The molecule has 0 aliphatic carbocycles. The lowest BCUT2D eigenvalue weighted by Crippen LogP contribution is -2.45. The van der Waals surface area contributed by atoms with E-state index in [1.807, 2.05) is 26.0 Å². The number of ether oxygens (including phenoxy) is 3. The Morgan fingerprint density at radius 2 is 1.55 bits per heavy atom. The summed E-state index contributed by atoms with van der Waals surface area (Å²) < 4.78 is 43.7. The first-order chi connectivity index (χ1) is 18.1. The van der Waals surface area contributed by atoms with Gasteiger partial charge in [0.2, 0.25) is 0 Å². The van der Waals surface area contributed by atoms with Gasteiger partial charge in [0, 0.05) is 23.9 Å². The first-order valence-corrected chi connectivity index (χ1v) is 13.4. The summed E-state index contributed by atoms with van der Waals surface area (Å²) in [6, 6.07) is 16.2. The Bertz CT molecular complexity index is 1470. The van der Waals surface area contributed by atoms with Crippen molar-refractivity contribution in [3.05, 3.63) is 71.8 Å². The van der Waals surface area contributed by atoms with Crippen molar-refractivity contribution in [3.63, 3.8) is 0 Å². The number of anilines is 1. The summed E-state index contributed by atoms with van der Waals surface area (Å²) in [5, 5.41) is 0. The molecule has 1 amide bonds. The minimum absolute atomic E-state index is 0.0405. The van der Waals surface area contributed by atoms with Crippen molar-refractivity contribution < 1.29 is 32.2 Å². The number of hydrogen-bond acceptors (Lipinski definition) is 7. The maximum atomic E-state index is 13.0. The van der Waals surface area contributed by atoms with Gasteiger partial charge in [0.25, 0.3) is 15.9 Å². The molecule has 1 aliphatic rings. The topological polar surface area (TPSA) is 111 Å². The number of hydrogen-bond donors (Lipinski definition) is 1. The number of esters is 1. The summed E-state index contributed by atoms with van der Waals surface area (Å²) in [4.78, 5) is 26.9. The number of methoxy groups -OCH3 is 3. The molecule has 10 heteroatoms. The molecular weight excluding hydrogens is 508 g/mol. The quantitative estimate of drug-likeness (QED) is 0.404. The molecule has 0 saturated heterocycles.